The van der Waals surface area contributed by atoms with Crippen LogP contribution in [-0.2, 0) is 24.2 Å². The Labute approximate surface area is 139 Å². The number of carbonyl (C=O) groups excluding carboxylic acids is 3. The quantitative estimate of drug-likeness (QED) is 0.572. The predicted molar refractivity (Wildman–Crippen MR) is 86.2 cm³/mol. The number of benzene rings is 1. The average Bonchev–Trinajstić information content (AvgIpc) is 2.85. The summed E-state index contributed by atoms with van der Waals surface area (Å²) in [6, 6.07) is 5.68. The molecule has 1 unspecified atom stereocenters. The van der Waals surface area contributed by atoms with E-state index in [-0.39, 0.29) is 17.1 Å². The van der Waals surface area contributed by atoms with Gasteiger partial charge in [-0.2, -0.15) is 0 Å². The monoisotopic (exact) mass is 354 g/mol. The van der Waals surface area contributed by atoms with E-state index >= 15 is 0 Å². The molecule has 130 valence electrons. The van der Waals surface area contributed by atoms with Crippen LogP contribution < -0.4 is 10.6 Å². The highest BCUT2D eigenvalue weighted by Crippen LogP contribution is 2.13. The number of hydrogen-bond donors (Lipinski definition) is 2. The molecule has 0 radical (unpaired) electrons. The molecule has 24 heavy (non-hydrogen) atoms. The van der Waals surface area contributed by atoms with Crippen molar-refractivity contribution >= 4 is 33.3 Å². The molecule has 2 rings (SSSR count). The highest BCUT2D eigenvalue weighted by Gasteiger charge is 2.29. The highest BCUT2D eigenvalue weighted by molar-refractivity contribution is 7.91. The summed E-state index contributed by atoms with van der Waals surface area (Å²) in [7, 11) is -1.84. The number of sulfone groups is 1. The minimum absolute atomic E-state index is 0.0461. The van der Waals surface area contributed by atoms with E-state index in [0.717, 1.165) is 0 Å². The Morgan fingerprint density at radius 2 is 2.00 bits per heavy atom. The largest absolute Gasteiger partial charge is 0.465 e. The Morgan fingerprint density at radius 3 is 2.62 bits per heavy atom. The van der Waals surface area contributed by atoms with Crippen molar-refractivity contribution in [1.82, 2.24) is 5.32 Å². The molecule has 2 N–H and O–H groups in total. The lowest BCUT2D eigenvalue weighted by atomic mass is 10.2. The number of ether oxygens (including phenoxy) is 1. The van der Waals surface area contributed by atoms with E-state index < -0.39 is 40.1 Å². The predicted octanol–water partition coefficient (Wildman–Crippen LogP) is 0.105. The minimum Gasteiger partial charge on any atom is -0.465 e. The van der Waals surface area contributed by atoms with Gasteiger partial charge in [-0.3, -0.25) is 9.59 Å². The lowest BCUT2D eigenvalue weighted by Gasteiger charge is -2.11. The van der Waals surface area contributed by atoms with Crippen molar-refractivity contribution in [3.05, 3.63) is 29.8 Å². The molecule has 9 heteroatoms. The van der Waals surface area contributed by atoms with Gasteiger partial charge >= 0.3 is 5.97 Å². The number of carbonyl (C=O) groups is 3. The number of amides is 2. The first-order valence-electron chi connectivity index (χ1n) is 7.27. The van der Waals surface area contributed by atoms with Crippen LogP contribution in [0.25, 0.3) is 0 Å². The standard InChI is InChI=1S/C15H18N2O6S/c1-23-15(20)10-3-2-4-11(7-10)16-13(18)8-14(19)17-12-5-6-24(21,22)9-12/h2-4,7,12H,5-6,8-9H2,1H3,(H,16,18)(H,17,19). The van der Waals surface area contributed by atoms with Crippen LogP contribution in [0.15, 0.2) is 24.3 Å². The molecule has 0 bridgehead atoms. The molecule has 0 aliphatic carbocycles. The van der Waals surface area contributed by atoms with Gasteiger partial charge in [0.25, 0.3) is 0 Å². The zero-order valence-electron chi connectivity index (χ0n) is 13.1. The van der Waals surface area contributed by atoms with Crippen molar-refractivity contribution < 1.29 is 27.5 Å². The fourth-order valence-corrected chi connectivity index (χ4v) is 4.05. The second kappa shape index (κ2) is 7.43. The summed E-state index contributed by atoms with van der Waals surface area (Å²) in [6.07, 6.45) is -0.0735. The van der Waals surface area contributed by atoms with Crippen molar-refractivity contribution in [3.8, 4) is 0 Å². The number of anilines is 1. The average molecular weight is 354 g/mol. The van der Waals surface area contributed by atoms with E-state index in [1.54, 1.807) is 12.1 Å². The smallest absolute Gasteiger partial charge is 0.337 e. The summed E-state index contributed by atoms with van der Waals surface area (Å²) >= 11 is 0. The number of esters is 1. The molecule has 1 aliphatic heterocycles. The maximum Gasteiger partial charge on any atom is 0.337 e. The Bertz CT molecular complexity index is 759. The molecule has 1 heterocycles. The van der Waals surface area contributed by atoms with E-state index in [0.29, 0.717) is 12.1 Å². The van der Waals surface area contributed by atoms with E-state index in [1.165, 1.54) is 19.2 Å². The molecule has 0 saturated carbocycles. The Morgan fingerprint density at radius 1 is 1.25 bits per heavy atom. The summed E-state index contributed by atoms with van der Waals surface area (Å²) in [5.74, 6) is -1.69. The van der Waals surface area contributed by atoms with Gasteiger partial charge in [0.1, 0.15) is 6.42 Å². The lowest BCUT2D eigenvalue weighted by molar-refractivity contribution is -0.127. The van der Waals surface area contributed by atoms with Gasteiger partial charge in [-0.15, -0.1) is 0 Å². The molecule has 8 nitrogen and oxygen atoms in total. The summed E-state index contributed by atoms with van der Waals surface area (Å²) < 4.78 is 27.2. The third-order valence-corrected chi connectivity index (χ3v) is 5.25. The molecule has 0 spiro atoms. The third kappa shape index (κ3) is 5.05. The SMILES string of the molecule is COC(=O)c1cccc(NC(=O)CC(=O)NC2CCS(=O)(=O)C2)c1. The van der Waals surface area contributed by atoms with E-state index in [1.807, 2.05) is 0 Å². The molecule has 2 amide bonds. The van der Waals surface area contributed by atoms with Gasteiger partial charge < -0.3 is 15.4 Å². The normalized spacial score (nSPS) is 18.6. The van der Waals surface area contributed by atoms with Crippen LogP contribution in [0.3, 0.4) is 0 Å². The number of nitrogens with one attached hydrogen (secondary N) is 2. The van der Waals surface area contributed by atoms with Crippen LogP contribution in [0.5, 0.6) is 0 Å². The molecule has 1 aromatic carbocycles. The molecule has 1 atom stereocenters. The first kappa shape index (κ1) is 17.9. The number of hydrogen-bond acceptors (Lipinski definition) is 6. The summed E-state index contributed by atoms with van der Waals surface area (Å²) in [5, 5.41) is 5.04. The minimum atomic E-state index is -3.09. The van der Waals surface area contributed by atoms with Gasteiger partial charge in [0.15, 0.2) is 9.84 Å². The second-order valence-electron chi connectivity index (χ2n) is 5.46. The molecule has 1 aliphatic rings. The fraction of sp³-hybridized carbons (Fsp3) is 0.400. The molecule has 1 saturated heterocycles. The first-order valence-corrected chi connectivity index (χ1v) is 9.09. The highest BCUT2D eigenvalue weighted by atomic mass is 32.2. The van der Waals surface area contributed by atoms with Crippen molar-refractivity contribution in [2.45, 2.75) is 18.9 Å². The maximum atomic E-state index is 11.9. The molecular formula is C15H18N2O6S. The zero-order valence-corrected chi connectivity index (χ0v) is 13.9. The number of methoxy groups -OCH3 is 1. The Hall–Kier alpha value is -2.42. The van der Waals surface area contributed by atoms with Crippen LogP contribution in [-0.4, -0.2) is 50.9 Å². The van der Waals surface area contributed by atoms with Gasteiger partial charge in [-0.05, 0) is 24.6 Å². The van der Waals surface area contributed by atoms with Crippen molar-refractivity contribution in [2.24, 2.45) is 0 Å². The van der Waals surface area contributed by atoms with Crippen LogP contribution in [0, 0.1) is 0 Å². The summed E-state index contributed by atoms with van der Waals surface area (Å²) in [6.45, 7) is 0. The Balaban J connectivity index is 1.87. The van der Waals surface area contributed by atoms with Crippen LogP contribution in [0.4, 0.5) is 5.69 Å². The summed E-state index contributed by atoms with van der Waals surface area (Å²) in [4.78, 5) is 35.1. The fourth-order valence-electron chi connectivity index (χ4n) is 2.38. The Kier molecular flexibility index (Phi) is 5.55. The zero-order chi connectivity index (χ0) is 17.7. The van der Waals surface area contributed by atoms with E-state index in [9.17, 15) is 22.8 Å². The van der Waals surface area contributed by atoms with Crippen LogP contribution in [0.2, 0.25) is 0 Å². The van der Waals surface area contributed by atoms with E-state index in [2.05, 4.69) is 15.4 Å². The van der Waals surface area contributed by atoms with E-state index in [4.69, 9.17) is 0 Å². The van der Waals surface area contributed by atoms with Crippen molar-refractivity contribution in [1.29, 1.82) is 0 Å². The number of rotatable bonds is 5. The molecule has 0 aromatic heterocycles. The van der Waals surface area contributed by atoms with Crippen LogP contribution >= 0.6 is 0 Å². The first-order chi connectivity index (χ1) is 11.3. The maximum absolute atomic E-state index is 11.9. The topological polar surface area (TPSA) is 119 Å². The lowest BCUT2D eigenvalue weighted by Crippen LogP contribution is -2.37. The van der Waals surface area contributed by atoms with Gasteiger partial charge in [-0.25, -0.2) is 13.2 Å². The molecule has 1 aromatic rings. The van der Waals surface area contributed by atoms with Gasteiger partial charge in [0.05, 0.1) is 24.2 Å². The van der Waals surface area contributed by atoms with Gasteiger partial charge in [0.2, 0.25) is 11.8 Å². The van der Waals surface area contributed by atoms with Crippen molar-refractivity contribution in [2.75, 3.05) is 23.9 Å². The molecule has 1 fully saturated rings. The summed E-state index contributed by atoms with van der Waals surface area (Å²) in [5.41, 5.74) is 0.634. The second-order valence-corrected chi connectivity index (χ2v) is 7.69. The van der Waals surface area contributed by atoms with Crippen molar-refractivity contribution in [3.63, 3.8) is 0 Å². The molecular weight excluding hydrogens is 336 g/mol. The van der Waals surface area contributed by atoms with Crippen LogP contribution in [0.1, 0.15) is 23.2 Å². The third-order valence-electron chi connectivity index (χ3n) is 3.49. The van der Waals surface area contributed by atoms with Gasteiger partial charge in [0, 0.05) is 11.7 Å². The van der Waals surface area contributed by atoms with Gasteiger partial charge in [-0.1, -0.05) is 6.07 Å².